The maximum Gasteiger partial charge on any atom is 0.366 e. The Labute approximate surface area is 130 Å². The summed E-state index contributed by atoms with van der Waals surface area (Å²) in [4.78, 5) is 15.1. The van der Waals surface area contributed by atoms with Crippen molar-refractivity contribution in [3.05, 3.63) is 40.9 Å². The second-order valence-electron chi connectivity index (χ2n) is 4.50. The predicted octanol–water partition coefficient (Wildman–Crippen LogP) is 2.18. The van der Waals surface area contributed by atoms with Gasteiger partial charge in [-0.3, -0.25) is 4.79 Å². The van der Waals surface area contributed by atoms with E-state index in [1.165, 1.54) is 0 Å². The van der Waals surface area contributed by atoms with Crippen LogP contribution in [0, 0.1) is 0 Å². The van der Waals surface area contributed by atoms with Gasteiger partial charge in [-0.2, -0.15) is 8.78 Å². The molecule has 0 unspecified atom stereocenters. The molecule has 8 heteroatoms. The Hall–Kier alpha value is -2.22. The molecule has 118 valence electrons. The van der Waals surface area contributed by atoms with Gasteiger partial charge < -0.3 is 15.8 Å². The molecule has 3 N–H and O–H groups in total. The number of carbonyl (C=O) groups excluding carboxylic acids is 1. The van der Waals surface area contributed by atoms with Gasteiger partial charge in [0.25, 0.3) is 5.91 Å². The van der Waals surface area contributed by atoms with E-state index in [4.69, 9.17) is 10.5 Å². The third kappa shape index (κ3) is 3.70. The van der Waals surface area contributed by atoms with Crippen molar-refractivity contribution in [3.8, 4) is 5.75 Å². The molecule has 0 aliphatic carbocycles. The fourth-order valence-corrected chi connectivity index (χ4v) is 2.36. The number of thiazole rings is 1. The largest absolute Gasteiger partial charge is 0.497 e. The molecule has 2 aromatic rings. The lowest BCUT2D eigenvalue weighted by molar-refractivity contribution is -0.147. The minimum absolute atomic E-state index is 0.000655. The van der Waals surface area contributed by atoms with Gasteiger partial charge in [-0.25, -0.2) is 4.98 Å². The van der Waals surface area contributed by atoms with Gasteiger partial charge in [-0.15, -0.1) is 11.3 Å². The Morgan fingerprint density at radius 1 is 1.41 bits per heavy atom. The molecule has 0 saturated carbocycles. The standard InChI is InChI=1S/C14H15F2N3O2S/c1-21-10-4-2-9(3-5-10)6-7-18-12(20)14(15,16)11-8-22-13(17)19-11/h2-5,8H,6-7H2,1H3,(H2,17,19)(H,18,20). The number of carbonyl (C=O) groups is 1. The topological polar surface area (TPSA) is 77.2 Å². The number of nitrogen functional groups attached to an aromatic ring is 1. The zero-order valence-electron chi connectivity index (χ0n) is 11.8. The van der Waals surface area contributed by atoms with Crippen LogP contribution >= 0.6 is 11.3 Å². The average molecular weight is 327 g/mol. The van der Waals surface area contributed by atoms with Gasteiger partial charge in [0.15, 0.2) is 5.13 Å². The van der Waals surface area contributed by atoms with Crippen LogP contribution in [0.2, 0.25) is 0 Å². The maximum absolute atomic E-state index is 13.8. The van der Waals surface area contributed by atoms with E-state index >= 15 is 0 Å². The molecule has 0 spiro atoms. The first-order valence-corrected chi connectivity index (χ1v) is 7.32. The van der Waals surface area contributed by atoms with Crippen LogP contribution in [0.4, 0.5) is 13.9 Å². The van der Waals surface area contributed by atoms with Gasteiger partial charge in [0.1, 0.15) is 11.4 Å². The number of alkyl halides is 2. The summed E-state index contributed by atoms with van der Waals surface area (Å²) < 4.78 is 32.7. The average Bonchev–Trinajstić information content (AvgIpc) is 2.95. The lowest BCUT2D eigenvalue weighted by Gasteiger charge is -2.13. The monoisotopic (exact) mass is 327 g/mol. The first-order chi connectivity index (χ1) is 10.4. The molecule has 2 rings (SSSR count). The van der Waals surface area contributed by atoms with Gasteiger partial charge in [0.2, 0.25) is 0 Å². The van der Waals surface area contributed by atoms with Crippen LogP contribution < -0.4 is 15.8 Å². The zero-order chi connectivity index (χ0) is 16.2. The van der Waals surface area contributed by atoms with Crippen molar-refractivity contribution in [3.63, 3.8) is 0 Å². The number of nitrogens with zero attached hydrogens (tertiary/aromatic N) is 1. The molecule has 1 aromatic heterocycles. The van der Waals surface area contributed by atoms with E-state index < -0.39 is 17.5 Å². The van der Waals surface area contributed by atoms with Crippen molar-refractivity contribution >= 4 is 22.4 Å². The summed E-state index contributed by atoms with van der Waals surface area (Å²) in [5.74, 6) is -4.36. The molecule has 5 nitrogen and oxygen atoms in total. The third-order valence-corrected chi connectivity index (χ3v) is 3.66. The van der Waals surface area contributed by atoms with Crippen molar-refractivity contribution in [2.24, 2.45) is 0 Å². The first-order valence-electron chi connectivity index (χ1n) is 6.44. The Bertz CT molecular complexity index is 644. The highest BCUT2D eigenvalue weighted by atomic mass is 32.1. The van der Waals surface area contributed by atoms with Crippen molar-refractivity contribution in [1.82, 2.24) is 10.3 Å². The van der Waals surface area contributed by atoms with Crippen molar-refractivity contribution in [2.75, 3.05) is 19.4 Å². The fraction of sp³-hybridized carbons (Fsp3) is 0.286. The number of hydrogen-bond donors (Lipinski definition) is 2. The molecular formula is C14H15F2N3O2S. The smallest absolute Gasteiger partial charge is 0.366 e. The number of hydrogen-bond acceptors (Lipinski definition) is 5. The van der Waals surface area contributed by atoms with E-state index in [1.54, 1.807) is 19.2 Å². The third-order valence-electron chi connectivity index (χ3n) is 2.99. The number of ether oxygens (including phenoxy) is 1. The van der Waals surface area contributed by atoms with Crippen LogP contribution in [-0.2, 0) is 17.1 Å². The summed E-state index contributed by atoms with van der Waals surface area (Å²) in [7, 11) is 1.56. The van der Waals surface area contributed by atoms with E-state index in [-0.39, 0.29) is 11.7 Å². The number of halogens is 2. The van der Waals surface area contributed by atoms with E-state index in [2.05, 4.69) is 10.3 Å². The van der Waals surface area contributed by atoms with Crippen LogP contribution in [-0.4, -0.2) is 24.5 Å². The number of rotatable bonds is 6. The van der Waals surface area contributed by atoms with Crippen LogP contribution in [0.5, 0.6) is 5.75 Å². The molecule has 1 amide bonds. The number of aromatic nitrogens is 1. The first kappa shape index (κ1) is 16.2. The predicted molar refractivity (Wildman–Crippen MR) is 80.1 cm³/mol. The minimum atomic E-state index is -3.69. The summed E-state index contributed by atoms with van der Waals surface area (Å²) >= 11 is 0.868. The van der Waals surface area contributed by atoms with E-state index in [1.807, 2.05) is 12.1 Å². The Morgan fingerprint density at radius 2 is 2.09 bits per heavy atom. The number of methoxy groups -OCH3 is 1. The molecule has 0 aliphatic rings. The lowest BCUT2D eigenvalue weighted by Crippen LogP contribution is -2.39. The summed E-state index contributed by atoms with van der Waals surface area (Å²) in [5, 5.41) is 3.29. The lowest BCUT2D eigenvalue weighted by atomic mass is 10.1. The maximum atomic E-state index is 13.8. The van der Waals surface area contributed by atoms with Gasteiger partial charge >= 0.3 is 5.92 Å². The molecule has 0 aliphatic heterocycles. The molecule has 0 bridgehead atoms. The van der Waals surface area contributed by atoms with Gasteiger partial charge in [-0.1, -0.05) is 12.1 Å². The van der Waals surface area contributed by atoms with Crippen molar-refractivity contribution < 1.29 is 18.3 Å². The quantitative estimate of drug-likeness (QED) is 0.852. The Kier molecular flexibility index (Phi) is 4.92. The Morgan fingerprint density at radius 3 is 2.64 bits per heavy atom. The van der Waals surface area contributed by atoms with Gasteiger partial charge in [0, 0.05) is 11.9 Å². The number of nitrogens with two attached hydrogens (primary N) is 1. The second-order valence-corrected chi connectivity index (χ2v) is 5.39. The summed E-state index contributed by atoms with van der Waals surface area (Å²) in [6, 6.07) is 7.15. The highest BCUT2D eigenvalue weighted by Gasteiger charge is 2.43. The SMILES string of the molecule is COc1ccc(CCNC(=O)C(F)(F)c2csc(N)n2)cc1. The molecule has 1 heterocycles. The van der Waals surface area contributed by atoms with E-state index in [9.17, 15) is 13.6 Å². The summed E-state index contributed by atoms with van der Waals surface area (Å²) in [6.45, 7) is 0.0976. The number of anilines is 1. The molecule has 0 saturated heterocycles. The zero-order valence-corrected chi connectivity index (χ0v) is 12.6. The second kappa shape index (κ2) is 6.69. The van der Waals surface area contributed by atoms with Crippen LogP contribution in [0.25, 0.3) is 0 Å². The number of amides is 1. The van der Waals surface area contributed by atoms with E-state index in [0.717, 1.165) is 22.3 Å². The molecule has 0 radical (unpaired) electrons. The van der Waals surface area contributed by atoms with Gasteiger partial charge in [0.05, 0.1) is 7.11 Å². The van der Waals surface area contributed by atoms with Gasteiger partial charge in [-0.05, 0) is 24.1 Å². The highest BCUT2D eigenvalue weighted by molar-refractivity contribution is 7.13. The number of benzene rings is 1. The Balaban J connectivity index is 1.89. The normalized spacial score (nSPS) is 11.2. The fourth-order valence-electron chi connectivity index (χ4n) is 1.77. The molecule has 0 atom stereocenters. The van der Waals surface area contributed by atoms with Crippen molar-refractivity contribution in [1.29, 1.82) is 0 Å². The highest BCUT2D eigenvalue weighted by Crippen LogP contribution is 2.29. The van der Waals surface area contributed by atoms with Crippen LogP contribution in [0.15, 0.2) is 29.6 Å². The molecule has 1 aromatic carbocycles. The molecule has 22 heavy (non-hydrogen) atoms. The molecule has 0 fully saturated rings. The minimum Gasteiger partial charge on any atom is -0.497 e. The summed E-state index contributed by atoms with van der Waals surface area (Å²) in [5.41, 5.74) is 5.58. The van der Waals surface area contributed by atoms with E-state index in [0.29, 0.717) is 12.2 Å². The number of nitrogens with one attached hydrogen (secondary N) is 1. The molecular weight excluding hydrogens is 312 g/mol. The van der Waals surface area contributed by atoms with Crippen LogP contribution in [0.3, 0.4) is 0 Å². The van der Waals surface area contributed by atoms with Crippen LogP contribution in [0.1, 0.15) is 11.3 Å². The van der Waals surface area contributed by atoms with Crippen molar-refractivity contribution in [2.45, 2.75) is 12.3 Å². The summed E-state index contributed by atoms with van der Waals surface area (Å²) in [6.07, 6.45) is 0.436.